The molecule has 0 amide bonds. The van der Waals surface area contributed by atoms with Gasteiger partial charge in [0.25, 0.3) is 10.0 Å². The monoisotopic (exact) mass is 370 g/mol. The Kier molecular flexibility index (Phi) is 4.41. The van der Waals surface area contributed by atoms with Crippen LogP contribution < -0.4 is 14.2 Å². The molecule has 7 nitrogen and oxygen atoms in total. The average molecular weight is 370 g/mol. The van der Waals surface area contributed by atoms with Gasteiger partial charge in [-0.2, -0.15) is 0 Å². The fourth-order valence-electron chi connectivity index (χ4n) is 2.36. The minimum absolute atomic E-state index is 0.0599. The lowest BCUT2D eigenvalue weighted by atomic mass is 9.94. The highest BCUT2D eigenvalue weighted by molar-refractivity contribution is 7.93. The summed E-state index contributed by atoms with van der Waals surface area (Å²) in [5.41, 5.74) is -0.570. The minimum Gasteiger partial charge on any atom is -0.454 e. The third kappa shape index (κ3) is 3.06. The van der Waals surface area contributed by atoms with E-state index in [4.69, 9.17) is 9.47 Å². The number of anilines is 1. The summed E-state index contributed by atoms with van der Waals surface area (Å²) in [6.07, 6.45) is 1.00. The van der Waals surface area contributed by atoms with Crippen LogP contribution in [0.3, 0.4) is 0 Å². The third-order valence-corrected chi connectivity index (χ3v) is 6.25. The van der Waals surface area contributed by atoms with Crippen LogP contribution in [0.5, 0.6) is 11.5 Å². The highest BCUT2D eigenvalue weighted by atomic mass is 32.2. The van der Waals surface area contributed by atoms with Gasteiger partial charge in [-0.15, -0.1) is 11.3 Å². The van der Waals surface area contributed by atoms with Gasteiger partial charge in [0.05, 0.1) is 10.6 Å². The Hall–Kier alpha value is -1.84. The van der Waals surface area contributed by atoms with Crippen molar-refractivity contribution >= 4 is 26.5 Å². The molecule has 0 spiro atoms. The number of nitrogens with zero attached hydrogens (tertiary/aromatic N) is 1. The average Bonchev–Trinajstić information content (AvgIpc) is 3.22. The van der Waals surface area contributed by atoms with Gasteiger partial charge in [0.15, 0.2) is 16.6 Å². The fraction of sp³-hybridized carbons (Fsp3) is 0.400. The van der Waals surface area contributed by atoms with E-state index in [1.54, 1.807) is 11.4 Å². The minimum atomic E-state index is -3.80. The molecule has 2 heterocycles. The van der Waals surface area contributed by atoms with E-state index in [1.807, 2.05) is 13.8 Å². The Bertz CT molecular complexity index is 843. The molecule has 0 unspecified atom stereocenters. The lowest BCUT2D eigenvalue weighted by molar-refractivity contribution is 0.0247. The number of aromatic nitrogens is 1. The summed E-state index contributed by atoms with van der Waals surface area (Å²) in [7, 11) is -3.80. The van der Waals surface area contributed by atoms with E-state index in [9.17, 15) is 13.5 Å². The van der Waals surface area contributed by atoms with Gasteiger partial charge in [-0.1, -0.05) is 13.8 Å². The molecule has 1 aromatic carbocycles. The van der Waals surface area contributed by atoms with Gasteiger partial charge in [0, 0.05) is 11.4 Å². The van der Waals surface area contributed by atoms with Crippen molar-refractivity contribution in [1.29, 1.82) is 0 Å². The molecule has 24 heavy (non-hydrogen) atoms. The summed E-state index contributed by atoms with van der Waals surface area (Å²) >= 11 is 1.14. The second-order valence-corrected chi connectivity index (χ2v) is 7.94. The Balaban J connectivity index is 1.84. The molecule has 1 aliphatic heterocycles. The highest BCUT2D eigenvalue weighted by Crippen LogP contribution is 2.35. The lowest BCUT2D eigenvalue weighted by Crippen LogP contribution is -2.24. The van der Waals surface area contributed by atoms with Crippen molar-refractivity contribution in [2.75, 3.05) is 11.5 Å². The maximum Gasteiger partial charge on any atom is 0.263 e. The van der Waals surface area contributed by atoms with Crippen molar-refractivity contribution in [1.82, 2.24) is 4.98 Å². The number of benzene rings is 1. The SMILES string of the molecule is CCC(O)(CC)c1csc(NS(=O)(=O)c2ccc3c(c2)OCO3)n1. The van der Waals surface area contributed by atoms with Crippen molar-refractivity contribution in [2.24, 2.45) is 0 Å². The highest BCUT2D eigenvalue weighted by Gasteiger charge is 2.29. The second kappa shape index (κ2) is 6.23. The van der Waals surface area contributed by atoms with Gasteiger partial charge < -0.3 is 14.6 Å². The first kappa shape index (κ1) is 17.0. The molecule has 2 aromatic rings. The standard InChI is InChI=1S/C15H18N2O5S2/c1-3-15(18,4-2)13-8-23-14(16-13)17-24(19,20)10-5-6-11-12(7-10)22-9-21-11/h5-8,18H,3-4,9H2,1-2H3,(H,16,17). The summed E-state index contributed by atoms with van der Waals surface area (Å²) in [5.74, 6) is 0.908. The van der Waals surface area contributed by atoms with Crippen LogP contribution in [0.15, 0.2) is 28.5 Å². The van der Waals surface area contributed by atoms with Gasteiger partial charge >= 0.3 is 0 Å². The van der Waals surface area contributed by atoms with Crippen molar-refractivity contribution in [3.8, 4) is 11.5 Å². The lowest BCUT2D eigenvalue weighted by Gasteiger charge is -2.22. The molecule has 3 rings (SSSR count). The van der Waals surface area contributed by atoms with Crippen LogP contribution >= 0.6 is 11.3 Å². The zero-order chi connectivity index (χ0) is 17.4. The van der Waals surface area contributed by atoms with Crippen LogP contribution in [-0.2, 0) is 15.6 Å². The molecule has 0 radical (unpaired) electrons. The number of ether oxygens (including phenoxy) is 2. The normalized spacial score (nSPS) is 14.0. The van der Waals surface area contributed by atoms with Crippen LogP contribution in [0.1, 0.15) is 32.4 Å². The first-order valence-electron chi connectivity index (χ1n) is 7.49. The first-order valence-corrected chi connectivity index (χ1v) is 9.85. The molecule has 0 aliphatic carbocycles. The molecule has 9 heteroatoms. The fourth-order valence-corrected chi connectivity index (χ4v) is 4.44. The maximum absolute atomic E-state index is 12.5. The number of sulfonamides is 1. The predicted octanol–water partition coefficient (Wildman–Crippen LogP) is 2.68. The van der Waals surface area contributed by atoms with Crippen molar-refractivity contribution in [2.45, 2.75) is 37.2 Å². The summed E-state index contributed by atoms with van der Waals surface area (Å²) in [6.45, 7) is 3.80. The molecule has 0 fully saturated rings. The quantitative estimate of drug-likeness (QED) is 0.811. The number of fused-ring (bicyclic) bond motifs is 1. The molecular weight excluding hydrogens is 352 g/mol. The zero-order valence-electron chi connectivity index (χ0n) is 13.3. The molecule has 130 valence electrons. The molecule has 0 bridgehead atoms. The Morgan fingerprint density at radius 1 is 1.29 bits per heavy atom. The van der Waals surface area contributed by atoms with Crippen LogP contribution in [0, 0.1) is 0 Å². The number of rotatable bonds is 6. The van der Waals surface area contributed by atoms with E-state index >= 15 is 0 Å². The molecule has 0 saturated heterocycles. The molecular formula is C15H18N2O5S2. The smallest absolute Gasteiger partial charge is 0.263 e. The van der Waals surface area contributed by atoms with Crippen LogP contribution in [0.25, 0.3) is 0 Å². The molecule has 2 N–H and O–H groups in total. The summed E-state index contributed by atoms with van der Waals surface area (Å²) in [5, 5.41) is 12.4. The molecule has 0 atom stereocenters. The predicted molar refractivity (Wildman–Crippen MR) is 90.0 cm³/mol. The summed E-state index contributed by atoms with van der Waals surface area (Å²) in [4.78, 5) is 4.29. The first-order chi connectivity index (χ1) is 11.4. The largest absolute Gasteiger partial charge is 0.454 e. The third-order valence-electron chi connectivity index (χ3n) is 4.03. The van der Waals surface area contributed by atoms with Gasteiger partial charge in [0.1, 0.15) is 5.60 Å². The molecule has 0 saturated carbocycles. The topological polar surface area (TPSA) is 97.8 Å². The van der Waals surface area contributed by atoms with E-state index in [1.165, 1.54) is 12.1 Å². The molecule has 1 aromatic heterocycles. The van der Waals surface area contributed by atoms with Gasteiger partial charge in [0.2, 0.25) is 6.79 Å². The number of hydrogen-bond donors (Lipinski definition) is 2. The number of aliphatic hydroxyl groups is 1. The van der Waals surface area contributed by atoms with E-state index < -0.39 is 15.6 Å². The van der Waals surface area contributed by atoms with Crippen molar-refractivity contribution in [3.63, 3.8) is 0 Å². The van der Waals surface area contributed by atoms with E-state index in [0.29, 0.717) is 30.0 Å². The van der Waals surface area contributed by atoms with E-state index in [-0.39, 0.29) is 16.8 Å². The number of hydrogen-bond acceptors (Lipinski definition) is 7. The van der Waals surface area contributed by atoms with Crippen molar-refractivity contribution in [3.05, 3.63) is 29.3 Å². The maximum atomic E-state index is 12.5. The second-order valence-electron chi connectivity index (χ2n) is 5.40. The van der Waals surface area contributed by atoms with Crippen molar-refractivity contribution < 1.29 is 23.0 Å². The van der Waals surface area contributed by atoms with Gasteiger partial charge in [-0.3, -0.25) is 4.72 Å². The van der Waals surface area contributed by atoms with Crippen LogP contribution in [0.4, 0.5) is 5.13 Å². The Labute approximate surface area is 144 Å². The number of nitrogens with one attached hydrogen (secondary N) is 1. The Morgan fingerprint density at radius 2 is 2.00 bits per heavy atom. The Morgan fingerprint density at radius 3 is 2.71 bits per heavy atom. The summed E-state index contributed by atoms with van der Waals surface area (Å²) < 4.78 is 37.8. The van der Waals surface area contributed by atoms with E-state index in [2.05, 4.69) is 9.71 Å². The van der Waals surface area contributed by atoms with Crippen LogP contribution in [0.2, 0.25) is 0 Å². The number of thiazole rings is 1. The van der Waals surface area contributed by atoms with E-state index in [0.717, 1.165) is 11.3 Å². The summed E-state index contributed by atoms with van der Waals surface area (Å²) in [6, 6.07) is 4.41. The van der Waals surface area contributed by atoms with Gasteiger partial charge in [-0.05, 0) is 25.0 Å². The van der Waals surface area contributed by atoms with Crippen LogP contribution in [-0.4, -0.2) is 25.3 Å². The zero-order valence-corrected chi connectivity index (χ0v) is 14.9. The van der Waals surface area contributed by atoms with Gasteiger partial charge in [-0.25, -0.2) is 13.4 Å². The molecule has 1 aliphatic rings.